The average Bonchev–Trinajstić information content (AvgIpc) is 2.54. The number of carbonyl (C=O) groups excluding carboxylic acids is 2. The van der Waals surface area contributed by atoms with E-state index in [-0.39, 0.29) is 18.0 Å². The number of hydrogen-bond donors (Lipinski definition) is 1. The predicted octanol–water partition coefficient (Wildman–Crippen LogP) is 1.73. The highest BCUT2D eigenvalue weighted by Crippen LogP contribution is 2.27. The van der Waals surface area contributed by atoms with E-state index in [9.17, 15) is 9.59 Å². The van der Waals surface area contributed by atoms with Crippen molar-refractivity contribution in [3.05, 3.63) is 0 Å². The van der Waals surface area contributed by atoms with E-state index in [1.165, 1.54) is 19.3 Å². The summed E-state index contributed by atoms with van der Waals surface area (Å²) in [5.41, 5.74) is 5.65. The van der Waals surface area contributed by atoms with Gasteiger partial charge in [-0.3, -0.25) is 4.79 Å². The maximum atomic E-state index is 12.0. The largest absolute Gasteiger partial charge is 0.384 e. The number of urea groups is 1. The number of carbonyl (C=O) groups is 2. The summed E-state index contributed by atoms with van der Waals surface area (Å²) in [6.07, 6.45) is 7.85. The van der Waals surface area contributed by atoms with Gasteiger partial charge in [-0.05, 0) is 25.7 Å². The van der Waals surface area contributed by atoms with Crippen molar-refractivity contribution < 1.29 is 14.3 Å². The van der Waals surface area contributed by atoms with E-state index in [0.717, 1.165) is 25.7 Å². The molecule has 126 valence electrons. The molecule has 6 heteroatoms. The van der Waals surface area contributed by atoms with Crippen molar-refractivity contribution in [3.8, 4) is 0 Å². The van der Waals surface area contributed by atoms with Crippen LogP contribution in [0.25, 0.3) is 0 Å². The van der Waals surface area contributed by atoms with Crippen molar-refractivity contribution in [3.63, 3.8) is 0 Å². The molecule has 0 spiro atoms. The lowest BCUT2D eigenvalue weighted by Gasteiger charge is -2.42. The van der Waals surface area contributed by atoms with Gasteiger partial charge in [0, 0.05) is 32.3 Å². The Morgan fingerprint density at radius 3 is 2.23 bits per heavy atom. The van der Waals surface area contributed by atoms with E-state index < -0.39 is 0 Å². The molecule has 1 aliphatic carbocycles. The average molecular weight is 311 g/mol. The van der Waals surface area contributed by atoms with Crippen molar-refractivity contribution in [2.24, 2.45) is 5.73 Å². The normalized spacial score (nSPS) is 20.9. The van der Waals surface area contributed by atoms with Crippen LogP contribution in [0.5, 0.6) is 0 Å². The fourth-order valence-corrected chi connectivity index (χ4v) is 3.76. The first-order valence-electron chi connectivity index (χ1n) is 8.48. The van der Waals surface area contributed by atoms with Crippen LogP contribution in [0.2, 0.25) is 0 Å². The van der Waals surface area contributed by atoms with Crippen LogP contribution < -0.4 is 5.73 Å². The minimum Gasteiger partial charge on any atom is -0.384 e. The molecule has 3 amide bonds. The first-order chi connectivity index (χ1) is 10.6. The number of methoxy groups -OCH3 is 1. The molecule has 2 fully saturated rings. The molecular formula is C16H29N3O3. The number of ether oxygens (including phenoxy) is 1. The first-order valence-corrected chi connectivity index (χ1v) is 8.48. The van der Waals surface area contributed by atoms with Crippen LogP contribution in [0.1, 0.15) is 51.4 Å². The topological polar surface area (TPSA) is 75.9 Å². The second-order valence-electron chi connectivity index (χ2n) is 6.39. The molecule has 0 radical (unpaired) electrons. The van der Waals surface area contributed by atoms with Crippen LogP contribution >= 0.6 is 0 Å². The van der Waals surface area contributed by atoms with Crippen LogP contribution in [0.15, 0.2) is 0 Å². The van der Waals surface area contributed by atoms with Gasteiger partial charge in [-0.25, -0.2) is 4.79 Å². The predicted molar refractivity (Wildman–Crippen MR) is 84.4 cm³/mol. The minimum absolute atomic E-state index is 0.142. The SMILES string of the molecule is COCCC(=O)N1CCC(N(C(N)=O)C2CCCCC2)CC1. The van der Waals surface area contributed by atoms with Crippen molar-refractivity contribution >= 4 is 11.9 Å². The smallest absolute Gasteiger partial charge is 0.315 e. The van der Waals surface area contributed by atoms with Crippen LogP contribution in [0.3, 0.4) is 0 Å². The molecule has 22 heavy (non-hydrogen) atoms. The monoisotopic (exact) mass is 311 g/mol. The highest BCUT2D eigenvalue weighted by Gasteiger charge is 2.33. The summed E-state index contributed by atoms with van der Waals surface area (Å²) in [6.45, 7) is 1.89. The molecule has 0 aromatic rings. The number of amides is 3. The Hall–Kier alpha value is -1.30. The Morgan fingerprint density at radius 1 is 1.09 bits per heavy atom. The molecule has 0 aromatic carbocycles. The van der Waals surface area contributed by atoms with Crippen LogP contribution in [-0.2, 0) is 9.53 Å². The van der Waals surface area contributed by atoms with Gasteiger partial charge in [0.05, 0.1) is 13.0 Å². The zero-order valence-corrected chi connectivity index (χ0v) is 13.6. The first kappa shape index (κ1) is 17.1. The molecule has 0 unspecified atom stereocenters. The van der Waals surface area contributed by atoms with Crippen molar-refractivity contribution in [2.45, 2.75) is 63.5 Å². The Morgan fingerprint density at radius 2 is 1.68 bits per heavy atom. The van der Waals surface area contributed by atoms with E-state index in [0.29, 0.717) is 32.2 Å². The van der Waals surface area contributed by atoms with Gasteiger partial charge in [0.1, 0.15) is 0 Å². The summed E-state index contributed by atoms with van der Waals surface area (Å²) < 4.78 is 4.96. The number of likely N-dealkylation sites (tertiary alicyclic amines) is 1. The Kier molecular flexibility index (Phi) is 6.49. The van der Waals surface area contributed by atoms with Crippen LogP contribution in [0.4, 0.5) is 4.79 Å². The summed E-state index contributed by atoms with van der Waals surface area (Å²) in [5.74, 6) is 0.142. The Balaban J connectivity index is 1.87. The van der Waals surface area contributed by atoms with Gasteiger partial charge in [0.15, 0.2) is 0 Å². The lowest BCUT2D eigenvalue weighted by molar-refractivity contribution is -0.133. The van der Waals surface area contributed by atoms with Crippen molar-refractivity contribution in [1.82, 2.24) is 9.80 Å². The quantitative estimate of drug-likeness (QED) is 0.840. The zero-order valence-electron chi connectivity index (χ0n) is 13.6. The Bertz CT molecular complexity index is 375. The number of nitrogens with zero attached hydrogens (tertiary/aromatic N) is 2. The second kappa shape index (κ2) is 8.36. The van der Waals surface area contributed by atoms with Gasteiger partial charge < -0.3 is 20.3 Å². The molecule has 0 aromatic heterocycles. The molecule has 2 aliphatic rings. The van der Waals surface area contributed by atoms with Gasteiger partial charge in [-0.15, -0.1) is 0 Å². The molecule has 1 saturated heterocycles. The summed E-state index contributed by atoms with van der Waals surface area (Å²) in [7, 11) is 1.61. The fraction of sp³-hybridized carbons (Fsp3) is 0.875. The summed E-state index contributed by atoms with van der Waals surface area (Å²) >= 11 is 0. The van der Waals surface area contributed by atoms with E-state index in [4.69, 9.17) is 10.5 Å². The van der Waals surface area contributed by atoms with Crippen LogP contribution in [0, 0.1) is 0 Å². The van der Waals surface area contributed by atoms with Crippen LogP contribution in [-0.4, -0.2) is 60.6 Å². The zero-order chi connectivity index (χ0) is 15.9. The van der Waals surface area contributed by atoms with Gasteiger partial charge in [-0.2, -0.15) is 0 Å². The lowest BCUT2D eigenvalue weighted by atomic mass is 9.91. The van der Waals surface area contributed by atoms with Crippen molar-refractivity contribution in [2.75, 3.05) is 26.8 Å². The number of primary amides is 1. The van der Waals surface area contributed by atoms with E-state index >= 15 is 0 Å². The maximum absolute atomic E-state index is 12.0. The molecule has 1 saturated carbocycles. The highest BCUT2D eigenvalue weighted by atomic mass is 16.5. The van der Waals surface area contributed by atoms with Gasteiger partial charge in [0.2, 0.25) is 5.91 Å². The lowest BCUT2D eigenvalue weighted by Crippen LogP contribution is -2.54. The summed E-state index contributed by atoms with van der Waals surface area (Å²) in [5, 5.41) is 0. The number of nitrogens with two attached hydrogens (primary N) is 1. The highest BCUT2D eigenvalue weighted by molar-refractivity contribution is 5.76. The van der Waals surface area contributed by atoms with Crippen molar-refractivity contribution in [1.29, 1.82) is 0 Å². The third-order valence-electron chi connectivity index (χ3n) is 4.95. The van der Waals surface area contributed by atoms with E-state index in [2.05, 4.69) is 0 Å². The molecule has 2 N–H and O–H groups in total. The third-order valence-corrected chi connectivity index (χ3v) is 4.95. The number of hydrogen-bond acceptors (Lipinski definition) is 3. The summed E-state index contributed by atoms with van der Waals surface area (Å²) in [4.78, 5) is 27.7. The van der Waals surface area contributed by atoms with Gasteiger partial charge >= 0.3 is 6.03 Å². The minimum atomic E-state index is -0.295. The van der Waals surface area contributed by atoms with Gasteiger partial charge in [0.25, 0.3) is 0 Å². The molecular weight excluding hydrogens is 282 g/mol. The van der Waals surface area contributed by atoms with Gasteiger partial charge in [-0.1, -0.05) is 19.3 Å². The maximum Gasteiger partial charge on any atom is 0.315 e. The fourth-order valence-electron chi connectivity index (χ4n) is 3.76. The molecule has 0 atom stereocenters. The molecule has 1 heterocycles. The van der Waals surface area contributed by atoms with E-state index in [1.807, 2.05) is 9.80 Å². The molecule has 6 nitrogen and oxygen atoms in total. The Labute approximate surface area is 132 Å². The number of piperidine rings is 1. The second-order valence-corrected chi connectivity index (χ2v) is 6.39. The van der Waals surface area contributed by atoms with E-state index in [1.54, 1.807) is 7.11 Å². The molecule has 1 aliphatic heterocycles. The molecule has 2 rings (SSSR count). The summed E-state index contributed by atoms with van der Waals surface area (Å²) in [6, 6.07) is 0.190. The molecule has 0 bridgehead atoms. The number of rotatable bonds is 5. The standard InChI is InChI=1S/C16H29N3O3/c1-22-12-9-15(20)18-10-7-14(8-11-18)19(16(17)21)13-5-3-2-4-6-13/h13-14H,2-12H2,1H3,(H2,17,21). The third kappa shape index (κ3) is 4.35.